The van der Waals surface area contributed by atoms with E-state index in [9.17, 15) is 9.18 Å². The van der Waals surface area contributed by atoms with Crippen molar-refractivity contribution in [2.45, 2.75) is 32.1 Å². The molecule has 6 nitrogen and oxygen atoms in total. The SMILES string of the molecule is Cc1nn(C)cc1C(=O)NC[C@@H]1C[C@H](F)CN1Cc1nccs1. The predicted molar refractivity (Wildman–Crippen MR) is 86.1 cm³/mol. The Morgan fingerprint density at radius 3 is 3.04 bits per heavy atom. The number of carbonyl (C=O) groups is 1. The average molecular weight is 337 g/mol. The van der Waals surface area contributed by atoms with Gasteiger partial charge < -0.3 is 5.32 Å². The number of rotatable bonds is 5. The fourth-order valence-electron chi connectivity index (χ4n) is 2.96. The topological polar surface area (TPSA) is 63.1 Å². The lowest BCUT2D eigenvalue weighted by Gasteiger charge is -2.23. The molecule has 124 valence electrons. The van der Waals surface area contributed by atoms with Gasteiger partial charge in [0.2, 0.25) is 0 Å². The summed E-state index contributed by atoms with van der Waals surface area (Å²) >= 11 is 1.57. The number of halogens is 1. The lowest BCUT2D eigenvalue weighted by atomic mass is 10.2. The molecule has 3 rings (SSSR count). The molecule has 1 N–H and O–H groups in total. The smallest absolute Gasteiger partial charge is 0.254 e. The summed E-state index contributed by atoms with van der Waals surface area (Å²) in [4.78, 5) is 18.6. The normalized spacial score (nSPS) is 21.7. The highest BCUT2D eigenvalue weighted by Crippen LogP contribution is 2.23. The summed E-state index contributed by atoms with van der Waals surface area (Å²) in [6.45, 7) is 3.26. The van der Waals surface area contributed by atoms with Crippen molar-refractivity contribution in [2.24, 2.45) is 7.05 Å². The van der Waals surface area contributed by atoms with Crippen molar-refractivity contribution >= 4 is 17.2 Å². The van der Waals surface area contributed by atoms with Crippen LogP contribution in [0.15, 0.2) is 17.8 Å². The first-order valence-corrected chi connectivity index (χ1v) is 8.46. The van der Waals surface area contributed by atoms with Crippen LogP contribution in [0.1, 0.15) is 27.5 Å². The molecule has 0 unspecified atom stereocenters. The predicted octanol–water partition coefficient (Wildman–Crippen LogP) is 1.53. The number of likely N-dealkylation sites (tertiary alicyclic amines) is 1. The van der Waals surface area contributed by atoms with Crippen LogP contribution in [0.5, 0.6) is 0 Å². The first-order valence-electron chi connectivity index (χ1n) is 7.58. The number of carbonyl (C=O) groups excluding carboxylic acids is 1. The number of amides is 1. The van der Waals surface area contributed by atoms with Crippen molar-refractivity contribution in [3.63, 3.8) is 0 Å². The maximum absolute atomic E-state index is 13.8. The highest BCUT2D eigenvalue weighted by molar-refractivity contribution is 7.09. The maximum Gasteiger partial charge on any atom is 0.254 e. The third-order valence-electron chi connectivity index (χ3n) is 4.05. The molecular formula is C15H20FN5OS. The van der Waals surface area contributed by atoms with Crippen molar-refractivity contribution in [1.29, 1.82) is 0 Å². The van der Waals surface area contributed by atoms with Gasteiger partial charge in [0.25, 0.3) is 5.91 Å². The van der Waals surface area contributed by atoms with Crippen LogP contribution in [0.3, 0.4) is 0 Å². The minimum atomic E-state index is -0.850. The molecule has 23 heavy (non-hydrogen) atoms. The van der Waals surface area contributed by atoms with Crippen LogP contribution in [-0.4, -0.2) is 50.9 Å². The highest BCUT2D eigenvalue weighted by atomic mass is 32.1. The quantitative estimate of drug-likeness (QED) is 0.899. The third-order valence-corrected chi connectivity index (χ3v) is 4.82. The second-order valence-corrected chi connectivity index (χ2v) is 6.83. The summed E-state index contributed by atoms with van der Waals surface area (Å²) in [7, 11) is 1.78. The molecule has 0 radical (unpaired) electrons. The second-order valence-electron chi connectivity index (χ2n) is 5.85. The number of aryl methyl sites for hydroxylation is 2. The van der Waals surface area contributed by atoms with Gasteiger partial charge in [-0.15, -0.1) is 11.3 Å². The van der Waals surface area contributed by atoms with E-state index in [-0.39, 0.29) is 11.9 Å². The minimum absolute atomic E-state index is 0.00479. The van der Waals surface area contributed by atoms with Crippen molar-refractivity contribution in [2.75, 3.05) is 13.1 Å². The lowest BCUT2D eigenvalue weighted by Crippen LogP contribution is -2.39. The van der Waals surface area contributed by atoms with E-state index in [4.69, 9.17) is 0 Å². The molecule has 1 saturated heterocycles. The monoisotopic (exact) mass is 337 g/mol. The Morgan fingerprint density at radius 2 is 2.39 bits per heavy atom. The first-order chi connectivity index (χ1) is 11.0. The Balaban J connectivity index is 1.59. The van der Waals surface area contributed by atoms with Crippen molar-refractivity contribution in [3.8, 4) is 0 Å². The Hall–Kier alpha value is -1.80. The van der Waals surface area contributed by atoms with E-state index in [0.29, 0.717) is 37.3 Å². The highest BCUT2D eigenvalue weighted by Gasteiger charge is 2.32. The molecule has 1 aliphatic heterocycles. The number of thiazole rings is 1. The molecule has 0 bridgehead atoms. The average Bonchev–Trinajstić information content (AvgIpc) is 3.19. The molecule has 0 saturated carbocycles. The van der Waals surface area contributed by atoms with Crippen molar-refractivity contribution in [1.82, 2.24) is 25.0 Å². The Morgan fingerprint density at radius 1 is 1.57 bits per heavy atom. The molecule has 1 amide bonds. The van der Waals surface area contributed by atoms with Gasteiger partial charge in [0.05, 0.1) is 17.8 Å². The van der Waals surface area contributed by atoms with Gasteiger partial charge in [-0.25, -0.2) is 9.37 Å². The summed E-state index contributed by atoms with van der Waals surface area (Å²) in [5, 5.41) is 9.96. The van der Waals surface area contributed by atoms with Crippen LogP contribution in [0.25, 0.3) is 0 Å². The standard InChI is InChI=1S/C15H20FN5OS/c1-10-13(8-20(2)19-10)15(22)18-6-12-5-11(16)7-21(12)9-14-17-3-4-23-14/h3-4,8,11-12H,5-7,9H2,1-2H3,(H,18,22)/t11-,12-/m0/s1. The second kappa shape index (κ2) is 6.76. The van der Waals surface area contributed by atoms with E-state index in [1.807, 2.05) is 5.38 Å². The van der Waals surface area contributed by atoms with Gasteiger partial charge in [-0.05, 0) is 13.3 Å². The van der Waals surface area contributed by atoms with Crippen molar-refractivity contribution < 1.29 is 9.18 Å². The Kier molecular flexibility index (Phi) is 4.72. The maximum atomic E-state index is 13.8. The zero-order chi connectivity index (χ0) is 16.4. The molecule has 0 aliphatic carbocycles. The molecule has 1 aliphatic rings. The number of hydrogen-bond donors (Lipinski definition) is 1. The number of aromatic nitrogens is 3. The zero-order valence-corrected chi connectivity index (χ0v) is 14.0. The van der Waals surface area contributed by atoms with Crippen LogP contribution in [-0.2, 0) is 13.6 Å². The van der Waals surface area contributed by atoms with Gasteiger partial charge in [0.15, 0.2) is 0 Å². The Labute approximate surface area is 138 Å². The fraction of sp³-hybridized carbons (Fsp3) is 0.533. The molecular weight excluding hydrogens is 317 g/mol. The number of nitrogens with one attached hydrogen (secondary N) is 1. The number of hydrogen-bond acceptors (Lipinski definition) is 5. The van der Waals surface area contributed by atoms with Crippen LogP contribution in [0.2, 0.25) is 0 Å². The van der Waals surface area contributed by atoms with Gasteiger partial charge in [0, 0.05) is 44.0 Å². The molecule has 2 aromatic rings. The van der Waals surface area contributed by atoms with Crippen LogP contribution in [0.4, 0.5) is 4.39 Å². The summed E-state index contributed by atoms with van der Waals surface area (Å²) in [6, 6.07) is -0.00479. The molecule has 0 spiro atoms. The largest absolute Gasteiger partial charge is 0.350 e. The van der Waals surface area contributed by atoms with Crippen LogP contribution >= 0.6 is 11.3 Å². The fourth-order valence-corrected chi connectivity index (χ4v) is 3.60. The van der Waals surface area contributed by atoms with E-state index >= 15 is 0 Å². The van der Waals surface area contributed by atoms with Gasteiger partial charge in [-0.1, -0.05) is 0 Å². The summed E-state index contributed by atoms with van der Waals surface area (Å²) in [5.74, 6) is -0.160. The van der Waals surface area contributed by atoms with Gasteiger partial charge in [-0.2, -0.15) is 5.10 Å². The molecule has 2 aromatic heterocycles. The lowest BCUT2D eigenvalue weighted by molar-refractivity contribution is 0.0939. The van der Waals surface area contributed by atoms with Crippen LogP contribution in [0, 0.1) is 6.92 Å². The van der Waals surface area contributed by atoms with E-state index in [1.165, 1.54) is 0 Å². The number of alkyl halides is 1. The zero-order valence-electron chi connectivity index (χ0n) is 13.2. The summed E-state index contributed by atoms with van der Waals surface area (Å²) < 4.78 is 15.4. The van der Waals surface area contributed by atoms with Gasteiger partial charge in [-0.3, -0.25) is 14.4 Å². The van der Waals surface area contributed by atoms with Crippen LogP contribution < -0.4 is 5.32 Å². The molecule has 2 atom stereocenters. The van der Waals surface area contributed by atoms with E-state index in [2.05, 4.69) is 20.3 Å². The van der Waals surface area contributed by atoms with Gasteiger partial charge in [0.1, 0.15) is 11.2 Å². The van der Waals surface area contributed by atoms with Gasteiger partial charge >= 0.3 is 0 Å². The van der Waals surface area contributed by atoms with E-state index < -0.39 is 6.17 Å². The third kappa shape index (κ3) is 3.76. The molecule has 0 aromatic carbocycles. The molecule has 8 heteroatoms. The van der Waals surface area contributed by atoms with E-state index in [1.54, 1.807) is 42.4 Å². The Bertz CT molecular complexity index is 671. The minimum Gasteiger partial charge on any atom is -0.350 e. The number of nitrogens with zero attached hydrogens (tertiary/aromatic N) is 4. The van der Waals surface area contributed by atoms with Crippen molar-refractivity contribution in [3.05, 3.63) is 34.0 Å². The molecule has 1 fully saturated rings. The summed E-state index contributed by atoms with van der Waals surface area (Å²) in [5.41, 5.74) is 1.26. The summed E-state index contributed by atoms with van der Waals surface area (Å²) in [6.07, 6.45) is 3.05. The van der Waals surface area contributed by atoms with E-state index in [0.717, 1.165) is 5.01 Å². The first kappa shape index (κ1) is 16.1. The molecule has 3 heterocycles.